The highest BCUT2D eigenvalue weighted by Gasteiger charge is 2.24. The Morgan fingerprint density at radius 3 is 2.65 bits per heavy atom. The molecule has 0 bridgehead atoms. The number of nitrogens with zero attached hydrogens (tertiary/aromatic N) is 2. The molecular weight excluding hydrogens is 246 g/mol. The van der Waals surface area contributed by atoms with Crippen molar-refractivity contribution in [2.24, 2.45) is 5.92 Å². The summed E-state index contributed by atoms with van der Waals surface area (Å²) in [5, 5.41) is 3.47. The molecule has 1 aromatic rings. The number of hydrogen-bond donors (Lipinski definition) is 1. The number of aromatic nitrogens is 1. The quantitative estimate of drug-likeness (QED) is 0.787. The summed E-state index contributed by atoms with van der Waals surface area (Å²) in [4.78, 5) is 7.30. The van der Waals surface area contributed by atoms with Crippen LogP contribution in [-0.4, -0.2) is 24.1 Å². The third-order valence-corrected chi connectivity index (χ3v) is 3.87. The van der Waals surface area contributed by atoms with E-state index in [0.29, 0.717) is 6.04 Å². The summed E-state index contributed by atoms with van der Waals surface area (Å²) >= 11 is 0. The van der Waals surface area contributed by atoms with E-state index in [9.17, 15) is 0 Å². The molecule has 3 nitrogen and oxygen atoms in total. The minimum absolute atomic E-state index is 0.514. The van der Waals surface area contributed by atoms with Gasteiger partial charge >= 0.3 is 0 Å². The fraction of sp³-hybridized carbons (Fsp3) is 0.706. The fourth-order valence-electron chi connectivity index (χ4n) is 2.44. The zero-order chi connectivity index (χ0) is 14.5. The van der Waals surface area contributed by atoms with Gasteiger partial charge in [0.15, 0.2) is 0 Å². The Balaban J connectivity index is 2.04. The van der Waals surface area contributed by atoms with Crippen molar-refractivity contribution >= 4 is 5.82 Å². The second-order valence-electron chi connectivity index (χ2n) is 6.34. The van der Waals surface area contributed by atoms with Gasteiger partial charge in [0, 0.05) is 31.4 Å². The number of hydrogen-bond acceptors (Lipinski definition) is 3. The molecule has 20 heavy (non-hydrogen) atoms. The summed E-state index contributed by atoms with van der Waals surface area (Å²) in [6.45, 7) is 11.9. The van der Waals surface area contributed by atoms with Crippen LogP contribution in [0.2, 0.25) is 0 Å². The molecule has 1 aliphatic rings. The Bertz CT molecular complexity index is 424. The van der Waals surface area contributed by atoms with E-state index >= 15 is 0 Å². The molecule has 0 spiro atoms. The molecule has 2 rings (SSSR count). The highest BCUT2D eigenvalue weighted by Crippen LogP contribution is 2.31. The fourth-order valence-corrected chi connectivity index (χ4v) is 2.44. The lowest BCUT2D eigenvalue weighted by atomic mass is 10.2. The molecule has 112 valence electrons. The first-order chi connectivity index (χ1) is 9.60. The number of rotatable bonds is 8. The zero-order valence-electron chi connectivity index (χ0n) is 13.4. The zero-order valence-corrected chi connectivity index (χ0v) is 13.4. The number of aryl methyl sites for hydroxylation is 1. The van der Waals surface area contributed by atoms with Crippen LogP contribution >= 0.6 is 0 Å². The van der Waals surface area contributed by atoms with Gasteiger partial charge in [0.25, 0.3) is 0 Å². The van der Waals surface area contributed by atoms with Gasteiger partial charge in [-0.25, -0.2) is 4.98 Å². The molecule has 0 saturated heterocycles. The molecule has 0 aromatic carbocycles. The van der Waals surface area contributed by atoms with Crippen LogP contribution in [0, 0.1) is 12.8 Å². The van der Waals surface area contributed by atoms with Gasteiger partial charge in [0.2, 0.25) is 0 Å². The van der Waals surface area contributed by atoms with E-state index in [2.05, 4.69) is 50.0 Å². The molecule has 1 N–H and O–H groups in total. The van der Waals surface area contributed by atoms with E-state index in [1.54, 1.807) is 0 Å². The minimum atomic E-state index is 0.514. The number of pyridine rings is 1. The third-order valence-electron chi connectivity index (χ3n) is 3.87. The molecule has 1 aromatic heterocycles. The Morgan fingerprint density at radius 1 is 1.35 bits per heavy atom. The van der Waals surface area contributed by atoms with E-state index in [4.69, 9.17) is 4.98 Å². The van der Waals surface area contributed by atoms with Crippen molar-refractivity contribution in [2.75, 3.05) is 18.0 Å². The van der Waals surface area contributed by atoms with Crippen molar-refractivity contribution in [3.05, 3.63) is 23.4 Å². The van der Waals surface area contributed by atoms with Gasteiger partial charge in [-0.1, -0.05) is 26.8 Å². The van der Waals surface area contributed by atoms with Crippen LogP contribution in [0.3, 0.4) is 0 Å². The smallest absolute Gasteiger partial charge is 0.128 e. The number of anilines is 1. The van der Waals surface area contributed by atoms with Crippen molar-refractivity contribution in [2.45, 2.75) is 59.5 Å². The summed E-state index contributed by atoms with van der Waals surface area (Å²) in [7, 11) is 0. The van der Waals surface area contributed by atoms with Crippen LogP contribution in [-0.2, 0) is 6.54 Å². The van der Waals surface area contributed by atoms with Crippen molar-refractivity contribution in [3.63, 3.8) is 0 Å². The highest BCUT2D eigenvalue weighted by molar-refractivity contribution is 5.42. The average Bonchev–Trinajstić information content (AvgIpc) is 3.20. The van der Waals surface area contributed by atoms with Gasteiger partial charge in [-0.2, -0.15) is 0 Å². The standard InChI is InChI=1S/C17H29N3/c1-5-10-20(12-15-6-7-15)17-9-8-16(14(4)19-17)11-18-13(2)3/h8-9,13,15,18H,5-7,10-12H2,1-4H3. The predicted molar refractivity (Wildman–Crippen MR) is 86.2 cm³/mol. The molecule has 1 saturated carbocycles. The van der Waals surface area contributed by atoms with E-state index in [1.165, 1.54) is 31.4 Å². The van der Waals surface area contributed by atoms with Crippen molar-refractivity contribution < 1.29 is 0 Å². The molecule has 0 atom stereocenters. The molecule has 0 amide bonds. The van der Waals surface area contributed by atoms with Crippen LogP contribution < -0.4 is 10.2 Å². The summed E-state index contributed by atoms with van der Waals surface area (Å²) in [5.74, 6) is 2.07. The van der Waals surface area contributed by atoms with E-state index in [-0.39, 0.29) is 0 Å². The summed E-state index contributed by atoms with van der Waals surface area (Å²) in [6.07, 6.45) is 3.98. The topological polar surface area (TPSA) is 28.2 Å². The lowest BCUT2D eigenvalue weighted by Crippen LogP contribution is -2.28. The summed E-state index contributed by atoms with van der Waals surface area (Å²) < 4.78 is 0. The second kappa shape index (κ2) is 7.07. The average molecular weight is 275 g/mol. The molecule has 0 radical (unpaired) electrons. The first-order valence-electron chi connectivity index (χ1n) is 8.05. The Labute approximate surface area is 123 Å². The largest absolute Gasteiger partial charge is 0.356 e. The molecule has 1 aliphatic carbocycles. The molecule has 1 fully saturated rings. The predicted octanol–water partition coefficient (Wildman–Crippen LogP) is 3.51. The van der Waals surface area contributed by atoms with Crippen LogP contribution in [0.4, 0.5) is 5.82 Å². The molecule has 0 aliphatic heterocycles. The highest BCUT2D eigenvalue weighted by atomic mass is 15.2. The third kappa shape index (κ3) is 4.48. The molecule has 0 unspecified atom stereocenters. The maximum Gasteiger partial charge on any atom is 0.128 e. The van der Waals surface area contributed by atoms with Crippen molar-refractivity contribution in [1.29, 1.82) is 0 Å². The van der Waals surface area contributed by atoms with Gasteiger partial charge in [-0.3, -0.25) is 0 Å². The Morgan fingerprint density at radius 2 is 2.10 bits per heavy atom. The van der Waals surface area contributed by atoms with Gasteiger partial charge in [0.1, 0.15) is 5.82 Å². The van der Waals surface area contributed by atoms with Gasteiger partial charge < -0.3 is 10.2 Å². The summed E-state index contributed by atoms with van der Waals surface area (Å²) in [5.41, 5.74) is 2.47. The van der Waals surface area contributed by atoms with E-state index < -0.39 is 0 Å². The lowest BCUT2D eigenvalue weighted by Gasteiger charge is -2.24. The van der Waals surface area contributed by atoms with Gasteiger partial charge in [-0.05, 0) is 43.7 Å². The van der Waals surface area contributed by atoms with E-state index in [1.807, 2.05) is 0 Å². The van der Waals surface area contributed by atoms with Crippen molar-refractivity contribution in [1.82, 2.24) is 10.3 Å². The molecule has 3 heteroatoms. The maximum atomic E-state index is 4.84. The van der Waals surface area contributed by atoms with Gasteiger partial charge in [0.05, 0.1) is 0 Å². The first-order valence-corrected chi connectivity index (χ1v) is 8.05. The van der Waals surface area contributed by atoms with Crippen LogP contribution in [0.25, 0.3) is 0 Å². The number of nitrogens with one attached hydrogen (secondary N) is 1. The lowest BCUT2D eigenvalue weighted by molar-refractivity contribution is 0.586. The summed E-state index contributed by atoms with van der Waals surface area (Å²) in [6, 6.07) is 4.95. The Hall–Kier alpha value is -1.09. The second-order valence-corrected chi connectivity index (χ2v) is 6.34. The normalized spacial score (nSPS) is 14.8. The Kier molecular flexibility index (Phi) is 5.41. The molecule has 1 heterocycles. The molecular formula is C17H29N3. The van der Waals surface area contributed by atoms with Crippen LogP contribution in [0.5, 0.6) is 0 Å². The van der Waals surface area contributed by atoms with Crippen LogP contribution in [0.1, 0.15) is 51.3 Å². The SMILES string of the molecule is CCCN(CC1CC1)c1ccc(CNC(C)C)c(C)n1. The maximum absolute atomic E-state index is 4.84. The monoisotopic (exact) mass is 275 g/mol. The minimum Gasteiger partial charge on any atom is -0.356 e. The van der Waals surface area contributed by atoms with Crippen molar-refractivity contribution in [3.8, 4) is 0 Å². The van der Waals surface area contributed by atoms with E-state index in [0.717, 1.165) is 30.5 Å². The first kappa shape index (κ1) is 15.3. The van der Waals surface area contributed by atoms with Gasteiger partial charge in [-0.15, -0.1) is 0 Å². The van der Waals surface area contributed by atoms with Crippen LogP contribution in [0.15, 0.2) is 12.1 Å².